The second-order valence-corrected chi connectivity index (χ2v) is 8.70. The summed E-state index contributed by atoms with van der Waals surface area (Å²) in [5.74, 6) is 0.758. The molecule has 1 aromatic heterocycles. The van der Waals surface area contributed by atoms with Crippen LogP contribution in [0.25, 0.3) is 22.3 Å². The number of anilines is 1. The number of amides is 1. The predicted octanol–water partition coefficient (Wildman–Crippen LogP) is 4.58. The van der Waals surface area contributed by atoms with Crippen LogP contribution in [0.15, 0.2) is 60.7 Å². The number of para-hydroxylation sites is 1. The molecule has 1 N–H and O–H groups in total. The lowest BCUT2D eigenvalue weighted by Gasteiger charge is -2.29. The lowest BCUT2D eigenvalue weighted by Crippen LogP contribution is -2.36. The Kier molecular flexibility index (Phi) is 5.21. The van der Waals surface area contributed by atoms with Gasteiger partial charge in [-0.15, -0.1) is 0 Å². The van der Waals surface area contributed by atoms with E-state index in [0.29, 0.717) is 36.8 Å². The molecule has 0 fully saturated rings. The van der Waals surface area contributed by atoms with Gasteiger partial charge in [-0.1, -0.05) is 30.3 Å². The molecular formula is C27H26N4O2. The number of rotatable bonds is 3. The van der Waals surface area contributed by atoms with Crippen molar-refractivity contribution in [2.45, 2.75) is 19.9 Å². The summed E-state index contributed by atoms with van der Waals surface area (Å²) in [6, 6.07) is 19.5. The minimum absolute atomic E-state index is 0.120. The average molecular weight is 439 g/mol. The summed E-state index contributed by atoms with van der Waals surface area (Å²) in [7, 11) is 3.99. The number of hydrogen-bond acceptors (Lipinski definition) is 5. The Morgan fingerprint density at radius 2 is 1.76 bits per heavy atom. The molecular weight excluding hydrogens is 412 g/mol. The van der Waals surface area contributed by atoms with Gasteiger partial charge in [0.25, 0.3) is 5.91 Å². The maximum Gasteiger partial charge on any atom is 0.273 e. The normalized spacial score (nSPS) is 13.1. The fourth-order valence-electron chi connectivity index (χ4n) is 4.35. The molecule has 0 bridgehead atoms. The molecule has 1 amide bonds. The van der Waals surface area contributed by atoms with Crippen LogP contribution in [0.5, 0.6) is 5.75 Å². The minimum atomic E-state index is -0.120. The molecule has 1 aliphatic rings. The summed E-state index contributed by atoms with van der Waals surface area (Å²) in [5, 5.41) is 11.2. The van der Waals surface area contributed by atoms with Crippen molar-refractivity contribution in [3.63, 3.8) is 0 Å². The first-order valence-corrected chi connectivity index (χ1v) is 11.1. The number of carbonyl (C=O) groups excluding carboxylic acids is 1. The molecule has 0 aliphatic carbocycles. The maximum atomic E-state index is 13.7. The summed E-state index contributed by atoms with van der Waals surface area (Å²) in [5.41, 5.74) is 5.88. The zero-order valence-corrected chi connectivity index (χ0v) is 19.0. The third-order valence-corrected chi connectivity index (χ3v) is 6.31. The minimum Gasteiger partial charge on any atom is -0.507 e. The van der Waals surface area contributed by atoms with Crippen molar-refractivity contribution < 1.29 is 9.90 Å². The number of phenolic OH excluding ortho intramolecular Hbond substituents is 1. The number of aromatic nitrogens is 2. The smallest absolute Gasteiger partial charge is 0.273 e. The van der Waals surface area contributed by atoms with Crippen LogP contribution in [-0.2, 0) is 13.0 Å². The number of aromatic hydroxyl groups is 1. The number of aryl methyl sites for hydroxylation is 1. The number of carbonyl (C=O) groups is 1. The topological polar surface area (TPSA) is 69.6 Å². The third kappa shape index (κ3) is 3.78. The number of fused-ring (bicyclic) bond motifs is 2. The highest BCUT2D eigenvalue weighted by molar-refractivity contribution is 6.05. The van der Waals surface area contributed by atoms with Crippen LogP contribution in [0.2, 0.25) is 0 Å². The van der Waals surface area contributed by atoms with E-state index in [0.717, 1.165) is 38.8 Å². The molecule has 33 heavy (non-hydrogen) atoms. The molecule has 0 unspecified atom stereocenters. The first kappa shape index (κ1) is 20.9. The predicted molar refractivity (Wildman–Crippen MR) is 131 cm³/mol. The number of phenols is 1. The Morgan fingerprint density at radius 1 is 1.00 bits per heavy atom. The second kappa shape index (κ2) is 8.20. The average Bonchev–Trinajstić information content (AvgIpc) is 2.85. The SMILES string of the molecule is Cc1ccc2c(c1O)CCN(C(=O)c1nc(-c3ccc(N(C)C)cc3)nc3ccccc13)C2. The number of nitrogens with zero attached hydrogens (tertiary/aromatic N) is 4. The van der Waals surface area contributed by atoms with Crippen LogP contribution in [-0.4, -0.2) is 46.5 Å². The molecule has 0 atom stereocenters. The molecule has 0 radical (unpaired) electrons. The van der Waals surface area contributed by atoms with Crippen molar-refractivity contribution in [2.75, 3.05) is 25.5 Å². The van der Waals surface area contributed by atoms with Crippen LogP contribution in [0, 0.1) is 6.92 Å². The molecule has 1 aliphatic heterocycles. The van der Waals surface area contributed by atoms with Gasteiger partial charge in [-0.05, 0) is 54.8 Å². The van der Waals surface area contributed by atoms with Crippen molar-refractivity contribution in [3.8, 4) is 17.1 Å². The molecule has 5 rings (SSSR count). The first-order valence-electron chi connectivity index (χ1n) is 11.1. The van der Waals surface area contributed by atoms with E-state index < -0.39 is 0 Å². The standard InChI is InChI=1S/C27H26N4O2/c1-17-8-9-19-16-31(15-14-21(19)25(17)32)27(33)24-22-6-4-5-7-23(22)28-26(29-24)18-10-12-20(13-11-18)30(2)3/h4-13,32H,14-16H2,1-3H3. The lowest BCUT2D eigenvalue weighted by molar-refractivity contribution is 0.0730. The third-order valence-electron chi connectivity index (χ3n) is 6.31. The van der Waals surface area contributed by atoms with E-state index in [-0.39, 0.29) is 5.91 Å². The largest absolute Gasteiger partial charge is 0.507 e. The molecule has 0 spiro atoms. The van der Waals surface area contributed by atoms with Gasteiger partial charge in [0.1, 0.15) is 11.4 Å². The van der Waals surface area contributed by atoms with E-state index in [1.54, 1.807) is 0 Å². The van der Waals surface area contributed by atoms with E-state index in [9.17, 15) is 9.90 Å². The van der Waals surface area contributed by atoms with Gasteiger partial charge < -0.3 is 14.9 Å². The quantitative estimate of drug-likeness (QED) is 0.507. The second-order valence-electron chi connectivity index (χ2n) is 8.70. The fourth-order valence-corrected chi connectivity index (χ4v) is 4.35. The fraction of sp³-hybridized carbons (Fsp3) is 0.222. The molecule has 4 aromatic rings. The van der Waals surface area contributed by atoms with E-state index in [2.05, 4.69) is 0 Å². The Hall–Kier alpha value is -3.93. The Balaban J connectivity index is 1.54. The molecule has 0 saturated carbocycles. The van der Waals surface area contributed by atoms with Gasteiger partial charge in [-0.25, -0.2) is 9.97 Å². The molecule has 0 saturated heterocycles. The van der Waals surface area contributed by atoms with Gasteiger partial charge in [0.05, 0.1) is 5.52 Å². The zero-order valence-electron chi connectivity index (χ0n) is 19.0. The van der Waals surface area contributed by atoms with Gasteiger partial charge in [0.15, 0.2) is 5.82 Å². The van der Waals surface area contributed by atoms with E-state index in [4.69, 9.17) is 9.97 Å². The van der Waals surface area contributed by atoms with Crippen molar-refractivity contribution in [3.05, 3.63) is 83.0 Å². The molecule has 2 heterocycles. The lowest BCUT2D eigenvalue weighted by atomic mass is 9.96. The van der Waals surface area contributed by atoms with Gasteiger partial charge in [0, 0.05) is 49.4 Å². The highest BCUT2D eigenvalue weighted by Crippen LogP contribution is 2.31. The van der Waals surface area contributed by atoms with Crippen molar-refractivity contribution >= 4 is 22.5 Å². The van der Waals surface area contributed by atoms with Gasteiger partial charge in [-0.2, -0.15) is 0 Å². The summed E-state index contributed by atoms with van der Waals surface area (Å²) < 4.78 is 0. The first-order chi connectivity index (χ1) is 15.9. The Bertz CT molecular complexity index is 1360. The van der Waals surface area contributed by atoms with Gasteiger partial charge in [0.2, 0.25) is 0 Å². The number of benzene rings is 3. The monoisotopic (exact) mass is 438 g/mol. The van der Waals surface area contributed by atoms with Gasteiger partial charge >= 0.3 is 0 Å². The summed E-state index contributed by atoms with van der Waals surface area (Å²) >= 11 is 0. The van der Waals surface area contributed by atoms with E-state index in [1.807, 2.05) is 91.5 Å². The van der Waals surface area contributed by atoms with Crippen molar-refractivity contribution in [2.24, 2.45) is 0 Å². The van der Waals surface area contributed by atoms with E-state index >= 15 is 0 Å². The van der Waals surface area contributed by atoms with Crippen LogP contribution in [0.4, 0.5) is 5.69 Å². The maximum absolute atomic E-state index is 13.7. The molecule has 3 aromatic carbocycles. The van der Waals surface area contributed by atoms with Gasteiger partial charge in [-0.3, -0.25) is 4.79 Å². The van der Waals surface area contributed by atoms with Crippen molar-refractivity contribution in [1.82, 2.24) is 14.9 Å². The Morgan fingerprint density at radius 3 is 2.52 bits per heavy atom. The molecule has 6 nitrogen and oxygen atoms in total. The zero-order chi connectivity index (χ0) is 23.1. The summed E-state index contributed by atoms with van der Waals surface area (Å²) in [6.07, 6.45) is 0.621. The highest BCUT2D eigenvalue weighted by atomic mass is 16.3. The van der Waals surface area contributed by atoms with Crippen molar-refractivity contribution in [1.29, 1.82) is 0 Å². The van der Waals surface area contributed by atoms with E-state index in [1.165, 1.54) is 0 Å². The molecule has 6 heteroatoms. The van der Waals surface area contributed by atoms with Crippen LogP contribution in [0.1, 0.15) is 27.2 Å². The number of hydrogen-bond donors (Lipinski definition) is 1. The summed E-state index contributed by atoms with van der Waals surface area (Å²) in [6.45, 7) is 2.88. The molecule has 166 valence electrons. The summed E-state index contributed by atoms with van der Waals surface area (Å²) in [4.78, 5) is 27.0. The van der Waals surface area contributed by atoms with Crippen LogP contribution in [0.3, 0.4) is 0 Å². The highest BCUT2D eigenvalue weighted by Gasteiger charge is 2.27. The van der Waals surface area contributed by atoms with Crippen LogP contribution < -0.4 is 4.90 Å². The Labute approximate surface area is 193 Å². The van der Waals surface area contributed by atoms with Crippen LogP contribution >= 0.6 is 0 Å².